The molecule has 1 N–H and O–H groups in total. The molecule has 0 atom stereocenters. The highest BCUT2D eigenvalue weighted by atomic mass is 32.1. The van der Waals surface area contributed by atoms with Crippen molar-refractivity contribution in [3.8, 4) is 0 Å². The number of aromatic nitrogens is 1. The van der Waals surface area contributed by atoms with Gasteiger partial charge < -0.3 is 5.32 Å². The minimum absolute atomic E-state index is 0.585. The fourth-order valence-corrected chi connectivity index (χ4v) is 2.59. The summed E-state index contributed by atoms with van der Waals surface area (Å²) in [5.74, 6) is 0. The van der Waals surface area contributed by atoms with Crippen molar-refractivity contribution in [1.29, 1.82) is 0 Å². The Kier molecular flexibility index (Phi) is 3.19. The Balaban J connectivity index is 1.79. The summed E-state index contributed by atoms with van der Waals surface area (Å²) in [4.78, 5) is 5.57. The van der Waals surface area contributed by atoms with Gasteiger partial charge in [0.1, 0.15) is 0 Å². The van der Waals surface area contributed by atoms with E-state index >= 15 is 0 Å². The second kappa shape index (κ2) is 4.41. The van der Waals surface area contributed by atoms with Crippen LogP contribution in [0, 0.1) is 5.41 Å². The Morgan fingerprint density at radius 3 is 3.00 bits per heavy atom. The highest BCUT2D eigenvalue weighted by Gasteiger charge is 2.42. The Hall–Kier alpha value is -0.410. The first-order valence-corrected chi connectivity index (χ1v) is 6.31. The van der Waals surface area contributed by atoms with E-state index in [0.29, 0.717) is 5.41 Å². The van der Waals surface area contributed by atoms with Crippen LogP contribution in [-0.2, 0) is 6.42 Å². The van der Waals surface area contributed by atoms with Crippen LogP contribution in [0.4, 0.5) is 0 Å². The van der Waals surface area contributed by atoms with Gasteiger partial charge in [0, 0.05) is 17.6 Å². The van der Waals surface area contributed by atoms with Gasteiger partial charge in [-0.25, -0.2) is 0 Å². The predicted octanol–water partition coefficient (Wildman–Crippen LogP) is 2.47. The van der Waals surface area contributed by atoms with E-state index in [0.717, 1.165) is 6.54 Å². The van der Waals surface area contributed by atoms with Crippen LogP contribution in [0.15, 0.2) is 11.7 Å². The van der Waals surface area contributed by atoms with E-state index in [1.165, 1.54) is 37.1 Å². The quantitative estimate of drug-likeness (QED) is 0.730. The van der Waals surface area contributed by atoms with Gasteiger partial charge in [0.15, 0.2) is 0 Å². The molecule has 0 bridgehead atoms. The number of hydrogen-bond donors (Lipinski definition) is 1. The van der Waals surface area contributed by atoms with Crippen LogP contribution >= 0.6 is 11.3 Å². The van der Waals surface area contributed by atoms with Crippen molar-refractivity contribution >= 4 is 11.3 Å². The topological polar surface area (TPSA) is 24.9 Å². The molecule has 0 saturated heterocycles. The maximum atomic E-state index is 4.13. The van der Waals surface area contributed by atoms with Gasteiger partial charge >= 0.3 is 0 Å². The third kappa shape index (κ3) is 2.55. The van der Waals surface area contributed by atoms with Gasteiger partial charge in [-0.2, -0.15) is 0 Å². The monoisotopic (exact) mass is 210 g/mol. The molecular formula is C11H18N2S. The van der Waals surface area contributed by atoms with Crippen LogP contribution in [-0.4, -0.2) is 18.1 Å². The number of thiazole rings is 1. The molecule has 3 heteroatoms. The summed E-state index contributed by atoms with van der Waals surface area (Å²) in [6, 6.07) is 0. The summed E-state index contributed by atoms with van der Waals surface area (Å²) in [6.07, 6.45) is 7.26. The summed E-state index contributed by atoms with van der Waals surface area (Å²) >= 11 is 1.79. The summed E-state index contributed by atoms with van der Waals surface area (Å²) in [5, 5.41) is 3.53. The molecule has 0 amide bonds. The molecule has 0 unspecified atom stereocenters. The average Bonchev–Trinajstić information content (AvgIpc) is 2.75. The Labute approximate surface area is 89.8 Å². The lowest BCUT2D eigenvalue weighted by atomic mass is 10.0. The molecule has 14 heavy (non-hydrogen) atoms. The highest BCUT2D eigenvalue weighted by Crippen LogP contribution is 2.48. The van der Waals surface area contributed by atoms with Crippen molar-refractivity contribution < 1.29 is 0 Å². The molecule has 0 aliphatic heterocycles. The highest BCUT2D eigenvalue weighted by molar-refractivity contribution is 7.09. The van der Waals surface area contributed by atoms with Gasteiger partial charge in [-0.1, -0.05) is 6.92 Å². The second-order valence-electron chi connectivity index (χ2n) is 4.32. The van der Waals surface area contributed by atoms with Crippen molar-refractivity contribution in [2.75, 3.05) is 13.1 Å². The van der Waals surface area contributed by atoms with Crippen LogP contribution < -0.4 is 5.32 Å². The van der Waals surface area contributed by atoms with Gasteiger partial charge in [0.05, 0.1) is 5.51 Å². The summed E-state index contributed by atoms with van der Waals surface area (Å²) in [6.45, 7) is 4.57. The second-order valence-corrected chi connectivity index (χ2v) is 5.29. The third-order valence-corrected chi connectivity index (χ3v) is 3.70. The molecule has 78 valence electrons. The van der Waals surface area contributed by atoms with Crippen molar-refractivity contribution in [2.24, 2.45) is 5.41 Å². The Bertz CT molecular complexity index is 265. The molecule has 0 spiro atoms. The normalized spacial score (nSPS) is 18.4. The lowest BCUT2D eigenvalue weighted by molar-refractivity contribution is 0.458. The summed E-state index contributed by atoms with van der Waals surface area (Å²) < 4.78 is 0. The summed E-state index contributed by atoms with van der Waals surface area (Å²) in [7, 11) is 0. The maximum Gasteiger partial charge on any atom is 0.0794 e. The molecular weight excluding hydrogens is 192 g/mol. The van der Waals surface area contributed by atoms with Crippen molar-refractivity contribution in [3.63, 3.8) is 0 Å². The molecule has 1 heterocycles. The molecule has 1 aliphatic carbocycles. The van der Waals surface area contributed by atoms with Crippen molar-refractivity contribution in [3.05, 3.63) is 16.6 Å². The standard InChI is InChI=1S/C11H18N2S/c1-2-5-12-8-11(3-4-11)6-10-7-13-9-14-10/h7,9,12H,2-6,8H2,1H3. The Morgan fingerprint density at radius 1 is 1.57 bits per heavy atom. The minimum atomic E-state index is 0.585. The molecule has 2 nitrogen and oxygen atoms in total. The van der Waals surface area contributed by atoms with Crippen LogP contribution in [0.1, 0.15) is 31.1 Å². The van der Waals surface area contributed by atoms with Crippen LogP contribution in [0.25, 0.3) is 0 Å². The van der Waals surface area contributed by atoms with Crippen molar-refractivity contribution in [1.82, 2.24) is 10.3 Å². The van der Waals surface area contributed by atoms with E-state index in [-0.39, 0.29) is 0 Å². The largest absolute Gasteiger partial charge is 0.316 e. The molecule has 1 aliphatic rings. The molecule has 0 aromatic carbocycles. The van der Waals surface area contributed by atoms with E-state index in [9.17, 15) is 0 Å². The molecule has 1 fully saturated rings. The maximum absolute atomic E-state index is 4.13. The van der Waals surface area contributed by atoms with Crippen LogP contribution in [0.3, 0.4) is 0 Å². The molecule has 0 radical (unpaired) electrons. The van der Waals surface area contributed by atoms with Crippen molar-refractivity contribution in [2.45, 2.75) is 32.6 Å². The fraction of sp³-hybridized carbons (Fsp3) is 0.727. The first-order chi connectivity index (χ1) is 6.85. The number of rotatable bonds is 6. The number of nitrogens with zero attached hydrogens (tertiary/aromatic N) is 1. The number of hydrogen-bond acceptors (Lipinski definition) is 3. The molecule has 1 aromatic heterocycles. The predicted molar refractivity (Wildman–Crippen MR) is 60.6 cm³/mol. The molecule has 1 aromatic rings. The van der Waals surface area contributed by atoms with Gasteiger partial charge in [-0.15, -0.1) is 11.3 Å². The zero-order valence-corrected chi connectivity index (χ0v) is 9.57. The molecule has 2 rings (SSSR count). The van der Waals surface area contributed by atoms with Gasteiger partial charge in [-0.05, 0) is 37.6 Å². The van der Waals surface area contributed by atoms with Gasteiger partial charge in [0.2, 0.25) is 0 Å². The average molecular weight is 210 g/mol. The molecule has 1 saturated carbocycles. The lowest BCUT2D eigenvalue weighted by Crippen LogP contribution is -2.25. The fourth-order valence-electron chi connectivity index (χ4n) is 1.82. The van der Waals surface area contributed by atoms with Crippen LogP contribution in [0.5, 0.6) is 0 Å². The van der Waals surface area contributed by atoms with E-state index in [4.69, 9.17) is 0 Å². The van der Waals surface area contributed by atoms with E-state index in [1.54, 1.807) is 11.3 Å². The van der Waals surface area contributed by atoms with Gasteiger partial charge in [0.25, 0.3) is 0 Å². The third-order valence-electron chi connectivity index (χ3n) is 2.92. The lowest BCUT2D eigenvalue weighted by Gasteiger charge is -2.14. The van der Waals surface area contributed by atoms with E-state index in [2.05, 4.69) is 17.2 Å². The summed E-state index contributed by atoms with van der Waals surface area (Å²) in [5.41, 5.74) is 2.52. The smallest absolute Gasteiger partial charge is 0.0794 e. The zero-order chi connectivity index (χ0) is 9.86. The van der Waals surface area contributed by atoms with E-state index in [1.807, 2.05) is 11.7 Å². The zero-order valence-electron chi connectivity index (χ0n) is 8.75. The number of nitrogens with one attached hydrogen (secondary N) is 1. The minimum Gasteiger partial charge on any atom is -0.316 e. The van der Waals surface area contributed by atoms with E-state index < -0.39 is 0 Å². The SMILES string of the molecule is CCCNCC1(Cc2cncs2)CC1. The Morgan fingerprint density at radius 2 is 2.43 bits per heavy atom. The first-order valence-electron chi connectivity index (χ1n) is 5.43. The van der Waals surface area contributed by atoms with Gasteiger partial charge in [-0.3, -0.25) is 4.98 Å². The van der Waals surface area contributed by atoms with Crippen LogP contribution in [0.2, 0.25) is 0 Å². The first kappa shape index (κ1) is 10.1.